The van der Waals surface area contributed by atoms with Crippen LogP contribution in [0.15, 0.2) is 93.4 Å². The molecule has 2 aliphatic heterocycles. The van der Waals surface area contributed by atoms with Crippen molar-refractivity contribution in [3.05, 3.63) is 94.7 Å². The van der Waals surface area contributed by atoms with Gasteiger partial charge in [0, 0.05) is 47.5 Å². The molecular formula is C37H43KN2O8S2. The number of hydrogen-bond donors (Lipinski definition) is 1. The molecule has 0 amide bonds. The quantitative estimate of drug-likeness (QED) is 0.158. The first-order valence-electron chi connectivity index (χ1n) is 16.4. The first-order chi connectivity index (χ1) is 22.8. The Bertz CT molecular complexity index is 2070. The number of fused-ring (bicyclic) bond motifs is 2. The fourth-order valence-corrected chi connectivity index (χ4v) is 8.25. The molecule has 1 aliphatic carbocycles. The smallest absolute Gasteiger partial charge is 0.744 e. The van der Waals surface area contributed by atoms with E-state index in [1.807, 2.05) is 39.3 Å². The van der Waals surface area contributed by atoms with E-state index in [1.165, 1.54) is 24.3 Å². The minimum Gasteiger partial charge on any atom is -0.744 e. The van der Waals surface area contributed by atoms with Crippen LogP contribution in [0.5, 0.6) is 0 Å². The van der Waals surface area contributed by atoms with Gasteiger partial charge in [0.1, 0.15) is 27.3 Å². The predicted octanol–water partition coefficient (Wildman–Crippen LogP) is 3.42. The summed E-state index contributed by atoms with van der Waals surface area (Å²) in [5.41, 5.74) is 6.32. The maximum atomic E-state index is 11.9. The van der Waals surface area contributed by atoms with Crippen LogP contribution in [0.1, 0.15) is 83.8 Å². The van der Waals surface area contributed by atoms with Crippen molar-refractivity contribution >= 4 is 43.3 Å². The zero-order valence-corrected chi connectivity index (χ0v) is 34.3. The third-order valence-electron chi connectivity index (χ3n) is 9.93. The monoisotopic (exact) mass is 746 g/mol. The molecule has 0 radical (unpaired) electrons. The normalized spacial score (nSPS) is 19.9. The second-order valence-electron chi connectivity index (χ2n) is 14.0. The molecule has 3 aliphatic rings. The van der Waals surface area contributed by atoms with Gasteiger partial charge in [-0.05, 0) is 99.1 Å². The van der Waals surface area contributed by atoms with Gasteiger partial charge in [0.05, 0.1) is 15.2 Å². The zero-order chi connectivity index (χ0) is 35.9. The van der Waals surface area contributed by atoms with E-state index in [0.717, 1.165) is 77.2 Å². The van der Waals surface area contributed by atoms with Gasteiger partial charge in [0.25, 0.3) is 0 Å². The summed E-state index contributed by atoms with van der Waals surface area (Å²) in [5.74, 6) is -0.823. The molecule has 50 heavy (non-hydrogen) atoms. The van der Waals surface area contributed by atoms with Gasteiger partial charge >= 0.3 is 57.4 Å². The molecule has 0 bridgehead atoms. The van der Waals surface area contributed by atoms with Crippen molar-refractivity contribution in [2.24, 2.45) is 0 Å². The fourth-order valence-electron chi connectivity index (χ4n) is 7.26. The van der Waals surface area contributed by atoms with Crippen molar-refractivity contribution in [3.63, 3.8) is 0 Å². The average molecular weight is 747 g/mol. The van der Waals surface area contributed by atoms with Gasteiger partial charge in [-0.25, -0.2) is 16.8 Å². The molecule has 2 heterocycles. The zero-order valence-electron chi connectivity index (χ0n) is 29.5. The van der Waals surface area contributed by atoms with E-state index >= 15 is 0 Å². The number of allylic oxidation sites excluding steroid dienone is 8. The molecule has 262 valence electrons. The first kappa shape index (κ1) is 40.6. The average Bonchev–Trinajstić information content (AvgIpc) is 3.34. The molecule has 0 aromatic heterocycles. The van der Waals surface area contributed by atoms with Crippen molar-refractivity contribution < 1.29 is 91.8 Å². The van der Waals surface area contributed by atoms with Gasteiger partial charge in [0.15, 0.2) is 5.71 Å². The molecule has 5 rings (SSSR count). The topological polar surface area (TPSA) is 158 Å². The maximum absolute atomic E-state index is 11.9. The van der Waals surface area contributed by atoms with Crippen molar-refractivity contribution in [3.8, 4) is 0 Å². The number of benzene rings is 2. The van der Waals surface area contributed by atoms with Crippen LogP contribution in [0, 0.1) is 0 Å². The summed E-state index contributed by atoms with van der Waals surface area (Å²) >= 11 is 0. The summed E-state index contributed by atoms with van der Waals surface area (Å²) in [5, 5.41) is 9.02. The van der Waals surface area contributed by atoms with E-state index in [0.29, 0.717) is 13.0 Å². The molecule has 13 heteroatoms. The molecule has 1 N–H and O–H groups in total. The Kier molecular flexibility index (Phi) is 12.5. The number of aliphatic carboxylic acids is 1. The van der Waals surface area contributed by atoms with Crippen LogP contribution in [0.25, 0.3) is 0 Å². The molecule has 2 aromatic carbocycles. The molecule has 0 unspecified atom stereocenters. The van der Waals surface area contributed by atoms with Crippen LogP contribution in [0.2, 0.25) is 0 Å². The molecule has 10 nitrogen and oxygen atoms in total. The molecule has 2 aromatic rings. The number of carboxylic acid groups (broad SMARTS) is 1. The van der Waals surface area contributed by atoms with Crippen molar-refractivity contribution in [1.29, 1.82) is 0 Å². The van der Waals surface area contributed by atoms with Gasteiger partial charge < -0.3 is 19.1 Å². The molecule has 0 saturated carbocycles. The first-order valence-corrected chi connectivity index (χ1v) is 19.2. The number of unbranched alkanes of at least 4 members (excludes halogenated alkanes) is 2. The van der Waals surface area contributed by atoms with E-state index in [-0.39, 0.29) is 67.6 Å². The van der Waals surface area contributed by atoms with Gasteiger partial charge in [0.2, 0.25) is 5.69 Å². The summed E-state index contributed by atoms with van der Waals surface area (Å²) in [6.07, 6.45) is 15.4. The molecular weight excluding hydrogens is 704 g/mol. The van der Waals surface area contributed by atoms with Crippen LogP contribution >= 0.6 is 0 Å². The summed E-state index contributed by atoms with van der Waals surface area (Å²) < 4.78 is 72.7. The Labute approximate surface area is 338 Å². The number of hydrogen-bond acceptors (Lipinski definition) is 8. The van der Waals surface area contributed by atoms with Crippen LogP contribution in [-0.2, 0) is 35.9 Å². The second-order valence-corrected chi connectivity index (χ2v) is 16.8. The Morgan fingerprint density at radius 2 is 1.52 bits per heavy atom. The van der Waals surface area contributed by atoms with Crippen LogP contribution < -0.4 is 56.3 Å². The van der Waals surface area contributed by atoms with Gasteiger partial charge in [-0.2, -0.15) is 4.58 Å². The predicted molar refractivity (Wildman–Crippen MR) is 186 cm³/mol. The Morgan fingerprint density at radius 1 is 0.880 bits per heavy atom. The summed E-state index contributed by atoms with van der Waals surface area (Å²) in [7, 11) is -7.28. The number of anilines is 1. The Balaban J connectivity index is 0.00000562. The Hall–Kier alpha value is -2.20. The largest absolute Gasteiger partial charge is 1.00 e. The Morgan fingerprint density at radius 3 is 2.16 bits per heavy atom. The standard InChI is InChI=1S/C37H44N2O8S2.K/c1-36(2)29-23-27(48(42,43)44)15-17-31(29)38(5)33(36)19-13-25-10-9-11-26(22-25)14-20-34-37(3,4)30-24-28(49(45,46)47)16-18-32(30)39(34)21-8-6-7-12-35(40)41;/h13-20,22-24H,6-12,21H2,1-5H3,(H2-,40,41,42,43,44,45,46,47);/q;+1/p-1. The van der Waals surface area contributed by atoms with Crippen LogP contribution in [0.4, 0.5) is 11.4 Å². The minimum absolute atomic E-state index is 0. The van der Waals surface area contributed by atoms with Crippen molar-refractivity contribution in [2.45, 2.75) is 93.3 Å². The number of carboxylic acids is 1. The van der Waals surface area contributed by atoms with E-state index in [2.05, 4.69) is 35.3 Å². The van der Waals surface area contributed by atoms with Gasteiger partial charge in [-0.15, -0.1) is 0 Å². The summed E-state index contributed by atoms with van der Waals surface area (Å²) in [6.45, 7) is 8.66. The SMILES string of the molecule is C[N+]1=C(C=CC2=CC(=CC=C3N(CCCCCC(=O)O)c4ccc(S(=O)(=O)[O-])cc4C3(C)C)CCC2)C(C)(C)c2cc(S(=O)(=O)[O-])ccc21.[K+]. The fraction of sp³-hybridized carbons (Fsp3) is 0.405. The van der Waals surface area contributed by atoms with Gasteiger partial charge in [-0.1, -0.05) is 38.5 Å². The molecule has 0 atom stereocenters. The van der Waals surface area contributed by atoms with E-state index in [1.54, 1.807) is 12.1 Å². The van der Waals surface area contributed by atoms with Crippen LogP contribution in [-0.4, -0.2) is 60.9 Å². The third kappa shape index (κ3) is 8.53. The number of carbonyl (C=O) groups is 1. The van der Waals surface area contributed by atoms with Crippen molar-refractivity contribution in [2.75, 3.05) is 18.5 Å². The van der Waals surface area contributed by atoms with Crippen LogP contribution in [0.3, 0.4) is 0 Å². The molecule has 0 spiro atoms. The number of nitrogens with zero attached hydrogens (tertiary/aromatic N) is 2. The number of rotatable bonds is 11. The van der Waals surface area contributed by atoms with E-state index < -0.39 is 37.0 Å². The third-order valence-corrected chi connectivity index (χ3v) is 11.6. The minimum atomic E-state index is -4.63. The van der Waals surface area contributed by atoms with E-state index in [9.17, 15) is 30.7 Å². The molecule has 0 fully saturated rings. The molecule has 0 saturated heterocycles. The summed E-state index contributed by atoms with van der Waals surface area (Å²) in [6, 6.07) is 9.03. The van der Waals surface area contributed by atoms with Gasteiger partial charge in [-0.3, -0.25) is 4.79 Å². The van der Waals surface area contributed by atoms with E-state index in [4.69, 9.17) is 5.11 Å². The van der Waals surface area contributed by atoms with Crippen molar-refractivity contribution in [1.82, 2.24) is 0 Å². The second kappa shape index (κ2) is 15.4. The maximum Gasteiger partial charge on any atom is 1.00 e. The summed E-state index contributed by atoms with van der Waals surface area (Å²) in [4.78, 5) is 12.6.